The van der Waals surface area contributed by atoms with E-state index < -0.39 is 6.17 Å². The van der Waals surface area contributed by atoms with Gasteiger partial charge in [-0.2, -0.15) is 0 Å². The Hall–Kier alpha value is -4.04. The Kier molecular flexibility index (Phi) is 5.35. The maximum atomic E-state index is 13.6. The highest BCUT2D eigenvalue weighted by Crippen LogP contribution is 2.38. The number of rotatable bonds is 4. The number of anilines is 4. The van der Waals surface area contributed by atoms with Crippen LogP contribution in [0.15, 0.2) is 84.2 Å². The lowest BCUT2D eigenvalue weighted by Gasteiger charge is -2.37. The third-order valence-corrected chi connectivity index (χ3v) is 6.19. The van der Waals surface area contributed by atoms with Crippen molar-refractivity contribution in [3.63, 3.8) is 0 Å². The SMILES string of the molecule is CC(=O)N(c1ccccc1)c1nc([C@H]2Nc3ccccc3C(=O)N2c2ccc(F)cc2)cs1. The molecule has 0 radical (unpaired) electrons. The standard InChI is InChI=1S/C25H19FN4O2S/c1-16(31)29(18-7-3-2-4-8-18)25-28-22(15-33-25)23-27-21-10-6-5-9-20(21)24(32)30(23)19-13-11-17(26)12-14-19/h2-15,23,27H,1H3/t23-/m0/s1. The molecule has 2 heterocycles. The van der Waals surface area contributed by atoms with Gasteiger partial charge in [-0.05, 0) is 48.5 Å². The minimum Gasteiger partial charge on any atom is -0.359 e. The van der Waals surface area contributed by atoms with Gasteiger partial charge in [-0.3, -0.25) is 19.4 Å². The molecule has 0 aliphatic carbocycles. The molecule has 0 fully saturated rings. The second kappa shape index (κ2) is 8.48. The van der Waals surface area contributed by atoms with Gasteiger partial charge in [-0.1, -0.05) is 30.3 Å². The summed E-state index contributed by atoms with van der Waals surface area (Å²) in [6, 6.07) is 22.3. The molecule has 5 rings (SSSR count). The number of fused-ring (bicyclic) bond motifs is 1. The molecule has 0 saturated carbocycles. The third kappa shape index (κ3) is 3.85. The van der Waals surface area contributed by atoms with Crippen LogP contribution >= 0.6 is 11.3 Å². The summed E-state index contributed by atoms with van der Waals surface area (Å²) in [5.74, 6) is -0.776. The predicted molar refractivity (Wildman–Crippen MR) is 127 cm³/mol. The van der Waals surface area contributed by atoms with Crippen molar-refractivity contribution in [3.8, 4) is 0 Å². The van der Waals surface area contributed by atoms with Crippen LogP contribution in [0.5, 0.6) is 0 Å². The molecule has 164 valence electrons. The first-order valence-electron chi connectivity index (χ1n) is 10.3. The number of carbonyl (C=O) groups is 2. The fourth-order valence-electron chi connectivity index (χ4n) is 3.84. The Morgan fingerprint density at radius 3 is 2.45 bits per heavy atom. The van der Waals surface area contributed by atoms with Gasteiger partial charge in [0, 0.05) is 23.7 Å². The van der Waals surface area contributed by atoms with E-state index in [4.69, 9.17) is 4.98 Å². The van der Waals surface area contributed by atoms with E-state index in [1.54, 1.807) is 29.2 Å². The number of thiazole rings is 1. The minimum absolute atomic E-state index is 0.171. The van der Waals surface area contributed by atoms with Gasteiger partial charge in [0.1, 0.15) is 5.82 Å². The smallest absolute Gasteiger partial charge is 0.262 e. The van der Waals surface area contributed by atoms with Crippen molar-refractivity contribution in [2.45, 2.75) is 13.1 Å². The molecule has 0 bridgehead atoms. The van der Waals surface area contributed by atoms with Crippen LogP contribution < -0.4 is 15.1 Å². The van der Waals surface area contributed by atoms with E-state index in [1.165, 1.54) is 35.3 Å². The van der Waals surface area contributed by atoms with Crippen LogP contribution in [0.1, 0.15) is 29.1 Å². The van der Waals surface area contributed by atoms with Crippen molar-refractivity contribution < 1.29 is 14.0 Å². The van der Waals surface area contributed by atoms with Crippen molar-refractivity contribution in [1.29, 1.82) is 0 Å². The predicted octanol–water partition coefficient (Wildman–Crippen LogP) is 5.74. The van der Waals surface area contributed by atoms with Crippen LogP contribution in [0.2, 0.25) is 0 Å². The van der Waals surface area contributed by atoms with Crippen molar-refractivity contribution in [1.82, 2.24) is 4.98 Å². The van der Waals surface area contributed by atoms with E-state index in [0.29, 0.717) is 33.5 Å². The van der Waals surface area contributed by atoms with Crippen molar-refractivity contribution >= 4 is 45.3 Å². The second-order valence-electron chi connectivity index (χ2n) is 7.49. The first kappa shape index (κ1) is 20.8. The van der Waals surface area contributed by atoms with Crippen LogP contribution in [-0.2, 0) is 4.79 Å². The fraction of sp³-hybridized carbons (Fsp3) is 0.0800. The number of aromatic nitrogens is 1. The molecule has 8 heteroatoms. The number of amides is 2. The first-order chi connectivity index (χ1) is 16.0. The zero-order chi connectivity index (χ0) is 22.9. The van der Waals surface area contributed by atoms with E-state index in [9.17, 15) is 14.0 Å². The summed E-state index contributed by atoms with van der Waals surface area (Å²) in [6.07, 6.45) is -0.632. The topological polar surface area (TPSA) is 65.5 Å². The van der Waals surface area contributed by atoms with Gasteiger partial charge in [0.15, 0.2) is 11.3 Å². The summed E-state index contributed by atoms with van der Waals surface area (Å²) in [4.78, 5) is 33.7. The molecule has 6 nitrogen and oxygen atoms in total. The van der Waals surface area contributed by atoms with E-state index >= 15 is 0 Å². The molecule has 1 N–H and O–H groups in total. The number of para-hydroxylation sites is 2. The molecule has 1 aliphatic rings. The lowest BCUT2D eigenvalue weighted by atomic mass is 10.1. The molecular formula is C25H19FN4O2S. The largest absolute Gasteiger partial charge is 0.359 e. The zero-order valence-electron chi connectivity index (χ0n) is 17.6. The van der Waals surface area contributed by atoms with Crippen LogP contribution in [0.3, 0.4) is 0 Å². The van der Waals surface area contributed by atoms with Crippen molar-refractivity contribution in [2.24, 2.45) is 0 Å². The Balaban J connectivity index is 1.58. The number of benzene rings is 3. The van der Waals surface area contributed by atoms with E-state index in [0.717, 1.165) is 0 Å². The summed E-state index contributed by atoms with van der Waals surface area (Å²) >= 11 is 1.31. The molecule has 1 aliphatic heterocycles. The van der Waals surface area contributed by atoms with Gasteiger partial charge in [0.2, 0.25) is 5.91 Å². The quantitative estimate of drug-likeness (QED) is 0.424. The Labute approximate surface area is 193 Å². The summed E-state index contributed by atoms with van der Waals surface area (Å²) < 4.78 is 13.6. The van der Waals surface area contributed by atoms with Gasteiger partial charge in [0.05, 0.1) is 16.9 Å². The van der Waals surface area contributed by atoms with E-state index in [1.807, 2.05) is 47.8 Å². The molecule has 33 heavy (non-hydrogen) atoms. The highest BCUT2D eigenvalue weighted by Gasteiger charge is 2.36. The molecular weight excluding hydrogens is 439 g/mol. The highest BCUT2D eigenvalue weighted by molar-refractivity contribution is 7.14. The van der Waals surface area contributed by atoms with Crippen LogP contribution in [-0.4, -0.2) is 16.8 Å². The highest BCUT2D eigenvalue weighted by atomic mass is 32.1. The van der Waals surface area contributed by atoms with Gasteiger partial charge >= 0.3 is 0 Å². The number of hydrogen-bond acceptors (Lipinski definition) is 5. The number of carbonyl (C=O) groups excluding carboxylic acids is 2. The maximum absolute atomic E-state index is 13.6. The van der Waals surface area contributed by atoms with Crippen LogP contribution in [0.4, 0.5) is 26.6 Å². The summed E-state index contributed by atoms with van der Waals surface area (Å²) in [6.45, 7) is 1.48. The van der Waals surface area contributed by atoms with Crippen molar-refractivity contribution in [3.05, 3.63) is 101 Å². The number of hydrogen-bond donors (Lipinski definition) is 1. The monoisotopic (exact) mass is 458 g/mol. The van der Waals surface area contributed by atoms with Gasteiger partial charge in [0.25, 0.3) is 5.91 Å². The van der Waals surface area contributed by atoms with Crippen molar-refractivity contribution in [2.75, 3.05) is 15.1 Å². The van der Waals surface area contributed by atoms with Gasteiger partial charge in [-0.25, -0.2) is 9.37 Å². The molecule has 0 spiro atoms. The molecule has 1 aromatic heterocycles. The Morgan fingerprint density at radius 1 is 1.03 bits per heavy atom. The normalized spacial score (nSPS) is 15.0. The third-order valence-electron chi connectivity index (χ3n) is 5.34. The minimum atomic E-state index is -0.632. The average molecular weight is 459 g/mol. The summed E-state index contributed by atoms with van der Waals surface area (Å²) in [7, 11) is 0. The number of halogens is 1. The second-order valence-corrected chi connectivity index (χ2v) is 8.33. The fourth-order valence-corrected chi connectivity index (χ4v) is 4.74. The number of nitrogens with one attached hydrogen (secondary N) is 1. The average Bonchev–Trinajstić information content (AvgIpc) is 3.30. The van der Waals surface area contributed by atoms with E-state index in [-0.39, 0.29) is 17.6 Å². The molecule has 2 amide bonds. The van der Waals surface area contributed by atoms with Crippen LogP contribution in [0.25, 0.3) is 0 Å². The Morgan fingerprint density at radius 2 is 1.73 bits per heavy atom. The molecule has 4 aromatic rings. The van der Waals surface area contributed by atoms with Gasteiger partial charge < -0.3 is 5.32 Å². The lowest BCUT2D eigenvalue weighted by molar-refractivity contribution is -0.115. The zero-order valence-corrected chi connectivity index (χ0v) is 18.4. The molecule has 0 saturated heterocycles. The molecule has 3 aromatic carbocycles. The van der Waals surface area contributed by atoms with Gasteiger partial charge in [-0.15, -0.1) is 11.3 Å². The van der Waals surface area contributed by atoms with Crippen LogP contribution in [0, 0.1) is 5.82 Å². The first-order valence-corrected chi connectivity index (χ1v) is 11.2. The lowest BCUT2D eigenvalue weighted by Crippen LogP contribution is -2.43. The Bertz CT molecular complexity index is 1320. The van der Waals surface area contributed by atoms with E-state index in [2.05, 4.69) is 5.32 Å². The maximum Gasteiger partial charge on any atom is 0.262 e. The summed E-state index contributed by atoms with van der Waals surface area (Å²) in [5.41, 5.74) is 3.02. The molecule has 1 atom stereocenters. The number of nitrogens with zero attached hydrogens (tertiary/aromatic N) is 3. The summed E-state index contributed by atoms with van der Waals surface area (Å²) in [5, 5.41) is 5.70. The molecule has 0 unspecified atom stereocenters.